The molecule has 2 heterocycles. The van der Waals surface area contributed by atoms with E-state index < -0.39 is 0 Å². The molecule has 6 heteroatoms. The first-order valence-corrected chi connectivity index (χ1v) is 11.1. The van der Waals surface area contributed by atoms with Gasteiger partial charge in [-0.15, -0.1) is 0 Å². The lowest BCUT2D eigenvalue weighted by molar-refractivity contribution is -0.903. The Morgan fingerprint density at radius 3 is 2.58 bits per heavy atom. The van der Waals surface area contributed by atoms with Crippen LogP contribution in [0.15, 0.2) is 54.6 Å². The van der Waals surface area contributed by atoms with E-state index in [0.29, 0.717) is 12.2 Å². The zero-order valence-corrected chi connectivity index (χ0v) is 18.4. The van der Waals surface area contributed by atoms with Crippen LogP contribution in [0, 0.1) is 6.92 Å². The topological polar surface area (TPSA) is 60.6 Å². The van der Waals surface area contributed by atoms with Crippen LogP contribution in [0.5, 0.6) is 5.75 Å². The minimum Gasteiger partial charge on any atom is -0.497 e. The molecule has 1 aliphatic heterocycles. The van der Waals surface area contributed by atoms with Crippen LogP contribution in [-0.2, 0) is 0 Å². The molecule has 0 atom stereocenters. The number of ether oxygens (including phenoxy) is 1. The van der Waals surface area contributed by atoms with Crippen LogP contribution in [-0.4, -0.2) is 49.0 Å². The van der Waals surface area contributed by atoms with Gasteiger partial charge in [0.1, 0.15) is 11.4 Å². The van der Waals surface area contributed by atoms with Crippen molar-refractivity contribution in [2.75, 3.05) is 33.3 Å². The minimum absolute atomic E-state index is 0.0924. The van der Waals surface area contributed by atoms with Crippen LogP contribution in [0.4, 0.5) is 0 Å². The molecule has 3 aromatic rings. The van der Waals surface area contributed by atoms with E-state index in [1.165, 1.54) is 32.4 Å². The fourth-order valence-corrected chi connectivity index (χ4v) is 4.15. The fourth-order valence-electron chi connectivity index (χ4n) is 4.15. The van der Waals surface area contributed by atoms with Gasteiger partial charge in [-0.3, -0.25) is 4.79 Å². The van der Waals surface area contributed by atoms with E-state index in [1.54, 1.807) is 16.7 Å². The zero-order valence-electron chi connectivity index (χ0n) is 18.4. The zero-order chi connectivity index (χ0) is 21.6. The van der Waals surface area contributed by atoms with E-state index >= 15 is 0 Å². The van der Waals surface area contributed by atoms with Gasteiger partial charge in [0.05, 0.1) is 44.7 Å². The molecule has 162 valence electrons. The molecular formula is C25H31N4O2+. The molecule has 31 heavy (non-hydrogen) atoms. The summed E-state index contributed by atoms with van der Waals surface area (Å²) in [7, 11) is 1.65. The Bertz CT molecular complexity index is 1020. The number of aryl methyl sites for hydroxylation is 1. The molecule has 0 unspecified atom stereocenters. The lowest BCUT2D eigenvalue weighted by Gasteiger charge is -2.23. The molecule has 1 aliphatic rings. The number of likely N-dealkylation sites (tertiary alicyclic amines) is 1. The number of hydrogen-bond donors (Lipinski definition) is 2. The van der Waals surface area contributed by atoms with Gasteiger partial charge < -0.3 is 15.0 Å². The molecule has 6 nitrogen and oxygen atoms in total. The quantitative estimate of drug-likeness (QED) is 0.619. The predicted octanol–water partition coefficient (Wildman–Crippen LogP) is 2.65. The van der Waals surface area contributed by atoms with Crippen molar-refractivity contribution in [2.45, 2.75) is 26.2 Å². The van der Waals surface area contributed by atoms with Crippen molar-refractivity contribution in [3.05, 3.63) is 65.9 Å². The van der Waals surface area contributed by atoms with E-state index in [2.05, 4.69) is 5.32 Å². The Morgan fingerprint density at radius 1 is 1.10 bits per heavy atom. The minimum atomic E-state index is -0.0924. The Hall–Kier alpha value is -3.12. The molecule has 0 aliphatic carbocycles. The molecule has 0 spiro atoms. The first kappa shape index (κ1) is 21.1. The highest BCUT2D eigenvalue weighted by molar-refractivity contribution is 5.94. The maximum atomic E-state index is 13.1. The molecule has 1 amide bonds. The maximum Gasteiger partial charge on any atom is 0.270 e. The summed E-state index contributed by atoms with van der Waals surface area (Å²) in [4.78, 5) is 14.7. The number of benzene rings is 2. The number of carbonyl (C=O) groups excluding carboxylic acids is 1. The molecular weight excluding hydrogens is 388 g/mol. The number of carbonyl (C=O) groups is 1. The second kappa shape index (κ2) is 9.79. The number of rotatable bonds is 7. The van der Waals surface area contributed by atoms with Gasteiger partial charge in [-0.05, 0) is 74.2 Å². The van der Waals surface area contributed by atoms with Crippen LogP contribution in [0.1, 0.15) is 35.3 Å². The van der Waals surface area contributed by atoms with Crippen molar-refractivity contribution in [1.29, 1.82) is 0 Å². The Balaban J connectivity index is 1.57. The molecule has 4 rings (SSSR count). The number of amides is 1. The van der Waals surface area contributed by atoms with Crippen molar-refractivity contribution in [2.24, 2.45) is 0 Å². The molecule has 1 saturated heterocycles. The molecule has 0 radical (unpaired) electrons. The first-order valence-electron chi connectivity index (χ1n) is 11.1. The Labute approximate surface area is 183 Å². The van der Waals surface area contributed by atoms with Crippen LogP contribution < -0.4 is 15.0 Å². The molecule has 2 aromatic carbocycles. The summed E-state index contributed by atoms with van der Waals surface area (Å²) < 4.78 is 7.00. The number of nitrogens with zero attached hydrogens (tertiary/aromatic N) is 2. The monoisotopic (exact) mass is 419 g/mol. The second-order valence-corrected chi connectivity index (χ2v) is 8.21. The summed E-state index contributed by atoms with van der Waals surface area (Å²) in [5, 5.41) is 7.89. The van der Waals surface area contributed by atoms with E-state index in [9.17, 15) is 4.79 Å². The third kappa shape index (κ3) is 5.14. The van der Waals surface area contributed by atoms with Crippen molar-refractivity contribution in [3.63, 3.8) is 0 Å². The van der Waals surface area contributed by atoms with Crippen LogP contribution >= 0.6 is 0 Å². The highest BCUT2D eigenvalue weighted by Gasteiger charge is 2.19. The van der Waals surface area contributed by atoms with E-state index in [4.69, 9.17) is 9.84 Å². The van der Waals surface area contributed by atoms with Crippen molar-refractivity contribution < 1.29 is 14.4 Å². The predicted molar refractivity (Wildman–Crippen MR) is 122 cm³/mol. The number of nitrogens with one attached hydrogen (secondary N) is 2. The molecule has 1 aromatic heterocycles. The second-order valence-electron chi connectivity index (χ2n) is 8.21. The van der Waals surface area contributed by atoms with Crippen LogP contribution in [0.25, 0.3) is 16.9 Å². The lowest BCUT2D eigenvalue weighted by atomic mass is 10.1. The number of aromatic nitrogens is 2. The van der Waals surface area contributed by atoms with Gasteiger partial charge in [0.25, 0.3) is 5.91 Å². The number of piperidine rings is 1. The summed E-state index contributed by atoms with van der Waals surface area (Å²) >= 11 is 0. The van der Waals surface area contributed by atoms with Gasteiger partial charge in [-0.1, -0.05) is 12.1 Å². The lowest BCUT2D eigenvalue weighted by Crippen LogP contribution is -3.13. The van der Waals surface area contributed by atoms with E-state index in [0.717, 1.165) is 34.8 Å². The van der Waals surface area contributed by atoms with Crippen molar-refractivity contribution in [1.82, 2.24) is 15.1 Å². The smallest absolute Gasteiger partial charge is 0.270 e. The van der Waals surface area contributed by atoms with E-state index in [-0.39, 0.29) is 5.91 Å². The van der Waals surface area contributed by atoms with Gasteiger partial charge in [-0.2, -0.15) is 5.10 Å². The van der Waals surface area contributed by atoms with Gasteiger partial charge in [0.2, 0.25) is 0 Å². The number of quaternary nitrogens is 1. The van der Waals surface area contributed by atoms with Gasteiger partial charge in [0, 0.05) is 5.56 Å². The highest BCUT2D eigenvalue weighted by atomic mass is 16.5. The summed E-state index contributed by atoms with van der Waals surface area (Å²) in [5.41, 5.74) is 4.26. The SMILES string of the molecule is COc1ccc(-c2cc(C(=O)NCC[NH+]3CCCCC3)n(-c3cccc(C)c3)n2)cc1. The standard InChI is InChI=1S/C25H30N4O2/c1-19-7-6-8-21(17-19)29-24(25(30)26-13-16-28-14-4-3-5-15-28)18-23(27-29)20-9-11-22(31-2)12-10-20/h6-12,17-18H,3-5,13-16H2,1-2H3,(H,26,30)/p+1. The van der Waals surface area contributed by atoms with Gasteiger partial charge in [0.15, 0.2) is 0 Å². The Morgan fingerprint density at radius 2 is 1.87 bits per heavy atom. The maximum absolute atomic E-state index is 13.1. The van der Waals surface area contributed by atoms with E-state index in [1.807, 2.05) is 61.5 Å². The highest BCUT2D eigenvalue weighted by Crippen LogP contribution is 2.24. The largest absolute Gasteiger partial charge is 0.497 e. The fraction of sp³-hybridized carbons (Fsp3) is 0.360. The molecule has 0 saturated carbocycles. The van der Waals surface area contributed by atoms with Crippen LogP contribution in [0.2, 0.25) is 0 Å². The van der Waals surface area contributed by atoms with Crippen LogP contribution in [0.3, 0.4) is 0 Å². The van der Waals surface area contributed by atoms with Crippen molar-refractivity contribution in [3.8, 4) is 22.7 Å². The van der Waals surface area contributed by atoms with Gasteiger partial charge in [-0.25, -0.2) is 4.68 Å². The number of methoxy groups -OCH3 is 1. The average molecular weight is 420 g/mol. The normalized spacial score (nSPS) is 14.4. The molecule has 0 bridgehead atoms. The molecule has 1 fully saturated rings. The third-order valence-electron chi connectivity index (χ3n) is 5.90. The third-order valence-corrected chi connectivity index (χ3v) is 5.90. The van der Waals surface area contributed by atoms with Crippen molar-refractivity contribution >= 4 is 5.91 Å². The summed E-state index contributed by atoms with van der Waals surface area (Å²) in [5.74, 6) is 0.699. The summed E-state index contributed by atoms with van der Waals surface area (Å²) in [6.45, 7) is 6.09. The first-order chi connectivity index (χ1) is 15.1. The van der Waals surface area contributed by atoms with Gasteiger partial charge >= 0.3 is 0 Å². The number of hydrogen-bond acceptors (Lipinski definition) is 3. The summed E-state index contributed by atoms with van der Waals surface area (Å²) in [6.07, 6.45) is 3.91. The average Bonchev–Trinajstić information content (AvgIpc) is 3.25. The summed E-state index contributed by atoms with van der Waals surface area (Å²) in [6, 6.07) is 17.6. The Kier molecular flexibility index (Phi) is 6.67. The molecule has 2 N–H and O–H groups in total.